The number of rotatable bonds is 8. The molecule has 4 heterocycles. The van der Waals surface area contributed by atoms with E-state index < -0.39 is 29.1 Å². The number of methoxy groups -OCH3 is 1. The molecule has 0 radical (unpaired) electrons. The van der Waals surface area contributed by atoms with Gasteiger partial charge in [-0.15, -0.1) is 8.78 Å². The predicted octanol–water partition coefficient (Wildman–Crippen LogP) is 4.75. The van der Waals surface area contributed by atoms with Gasteiger partial charge in [-0.1, -0.05) is 11.6 Å². The van der Waals surface area contributed by atoms with Crippen LogP contribution in [0.4, 0.5) is 8.78 Å². The van der Waals surface area contributed by atoms with Gasteiger partial charge in [0.05, 0.1) is 19.3 Å². The lowest BCUT2D eigenvalue weighted by Gasteiger charge is -2.30. The minimum Gasteiger partial charge on any atom is -0.494 e. The molecule has 1 aliphatic carbocycles. The number of primary amides is 1. The normalized spacial score (nSPS) is 20.3. The number of pyridine rings is 2. The first kappa shape index (κ1) is 30.9. The van der Waals surface area contributed by atoms with Gasteiger partial charge in [-0.05, 0) is 80.6 Å². The highest BCUT2D eigenvalue weighted by atomic mass is 35.5. The van der Waals surface area contributed by atoms with E-state index in [-0.39, 0.29) is 53.3 Å². The smallest absolute Gasteiger partial charge is 0.494 e. The first-order chi connectivity index (χ1) is 22.2. The molecule has 1 saturated carbocycles. The maximum absolute atomic E-state index is 13.8. The van der Waals surface area contributed by atoms with E-state index in [0.717, 1.165) is 5.56 Å². The molecule has 244 valence electrons. The van der Waals surface area contributed by atoms with Crippen LogP contribution in [-0.4, -0.2) is 53.4 Å². The highest BCUT2D eigenvalue weighted by Gasteiger charge is 2.50. The number of benzene rings is 2. The number of nitrogens with one attached hydrogen (secondary N) is 1. The number of nitrogens with two attached hydrogens (primary N) is 1. The Kier molecular flexibility index (Phi) is 6.99. The average Bonchev–Trinajstić information content (AvgIpc) is 3.77. The van der Waals surface area contributed by atoms with Crippen molar-refractivity contribution in [2.24, 2.45) is 11.7 Å². The Morgan fingerprint density at radius 1 is 1.15 bits per heavy atom. The van der Waals surface area contributed by atoms with Crippen LogP contribution in [0.15, 0.2) is 42.5 Å². The van der Waals surface area contributed by atoms with Crippen LogP contribution in [0, 0.1) is 12.8 Å². The van der Waals surface area contributed by atoms with Gasteiger partial charge in [0.25, 0.3) is 5.91 Å². The van der Waals surface area contributed by atoms with Crippen molar-refractivity contribution in [2.75, 3.05) is 20.3 Å². The van der Waals surface area contributed by atoms with Crippen LogP contribution < -0.4 is 30.0 Å². The third-order valence-electron chi connectivity index (χ3n) is 9.00. The van der Waals surface area contributed by atoms with Crippen molar-refractivity contribution < 1.29 is 42.4 Å². The highest BCUT2D eigenvalue weighted by molar-refractivity contribution is 6.30. The van der Waals surface area contributed by atoms with E-state index in [1.54, 1.807) is 32.0 Å². The fourth-order valence-corrected chi connectivity index (χ4v) is 6.19. The Hall–Kier alpha value is -4.75. The number of ether oxygens (including phenoxy) is 4. The lowest BCUT2D eigenvalue weighted by atomic mass is 9.81. The SMILES string of the molecule is COc1cc(C(=O)NCC(O)(c2cc3c(c(-c4ccc5c(c4)OC(F)(F)O5)n2)OC[C@]3(C)C(N)=O)C2CC2)cc2cc(C)c(Cl)nc12. The van der Waals surface area contributed by atoms with Crippen LogP contribution in [-0.2, 0) is 15.8 Å². The largest absolute Gasteiger partial charge is 0.586 e. The van der Waals surface area contributed by atoms with Gasteiger partial charge in [-0.25, -0.2) is 9.97 Å². The quantitative estimate of drug-likeness (QED) is 0.226. The van der Waals surface area contributed by atoms with Crippen LogP contribution in [0.5, 0.6) is 23.0 Å². The first-order valence-corrected chi connectivity index (χ1v) is 15.1. The van der Waals surface area contributed by atoms with E-state index >= 15 is 0 Å². The number of hydrogen-bond acceptors (Lipinski definition) is 9. The maximum Gasteiger partial charge on any atom is 0.586 e. The fourth-order valence-electron chi connectivity index (χ4n) is 6.05. The third kappa shape index (κ3) is 5.13. The number of amides is 2. The Morgan fingerprint density at radius 2 is 1.89 bits per heavy atom. The number of carbonyl (C=O) groups excluding carboxylic acids is 2. The second kappa shape index (κ2) is 10.6. The van der Waals surface area contributed by atoms with Crippen molar-refractivity contribution in [3.05, 3.63) is 70.0 Å². The molecule has 2 aliphatic heterocycles. The summed E-state index contributed by atoms with van der Waals surface area (Å²) in [6, 6.07) is 10.7. The Morgan fingerprint density at radius 3 is 2.60 bits per heavy atom. The molecule has 1 unspecified atom stereocenters. The molecule has 2 amide bonds. The third-order valence-corrected chi connectivity index (χ3v) is 9.38. The first-order valence-electron chi connectivity index (χ1n) is 14.8. The molecule has 4 N–H and O–H groups in total. The molecule has 0 bridgehead atoms. The molecule has 47 heavy (non-hydrogen) atoms. The summed E-state index contributed by atoms with van der Waals surface area (Å²) in [7, 11) is 1.46. The van der Waals surface area contributed by atoms with Crippen LogP contribution >= 0.6 is 11.6 Å². The topological polar surface area (TPSA) is 155 Å². The summed E-state index contributed by atoms with van der Waals surface area (Å²) < 4.78 is 48.2. The number of nitrogens with zero attached hydrogens (tertiary/aromatic N) is 2. The van der Waals surface area contributed by atoms with Gasteiger partial charge >= 0.3 is 6.29 Å². The maximum atomic E-state index is 13.8. The van der Waals surface area contributed by atoms with E-state index in [0.29, 0.717) is 45.8 Å². The summed E-state index contributed by atoms with van der Waals surface area (Å²) in [6.07, 6.45) is -2.53. The highest BCUT2D eigenvalue weighted by Crippen LogP contribution is 2.51. The number of halogens is 3. The van der Waals surface area contributed by atoms with Crippen LogP contribution in [0.2, 0.25) is 5.15 Å². The van der Waals surface area contributed by atoms with E-state index in [4.69, 9.17) is 31.8 Å². The van der Waals surface area contributed by atoms with Crippen molar-refractivity contribution in [1.82, 2.24) is 15.3 Å². The monoisotopic (exact) mass is 666 g/mol. The Bertz CT molecular complexity index is 2010. The lowest BCUT2D eigenvalue weighted by molar-refractivity contribution is -0.286. The standard InChI is InChI=1S/C33H29ClF2N4O7/c1-15-8-17-9-18(11-23(44-3)25(17)40-28(15)34)29(41)38-13-32(43,19-5-6-19)24-12-20-27(45-14-31(20,2)30(37)42)26(39-24)16-4-7-21-22(10-16)47-33(35,36)46-21/h4,7-12,19,43H,5-6,13-14H2,1-3H3,(H2,37,42)(H,38,41)/t31-,32?/m0/s1. The lowest BCUT2D eigenvalue weighted by Crippen LogP contribution is -2.44. The van der Waals surface area contributed by atoms with Crippen molar-refractivity contribution in [2.45, 2.75) is 44.0 Å². The second-order valence-corrected chi connectivity index (χ2v) is 12.6. The summed E-state index contributed by atoms with van der Waals surface area (Å²) in [5.41, 5.74) is 5.35. The fraction of sp³-hybridized carbons (Fsp3) is 0.333. The van der Waals surface area contributed by atoms with E-state index in [2.05, 4.69) is 19.8 Å². The molecule has 0 spiro atoms. The minimum absolute atomic E-state index is 0.0969. The molecular formula is C33H29ClF2N4O7. The van der Waals surface area contributed by atoms with Gasteiger partial charge in [-0.2, -0.15) is 0 Å². The number of aryl methyl sites for hydroxylation is 1. The van der Waals surface area contributed by atoms with Crippen LogP contribution in [0.25, 0.3) is 22.2 Å². The van der Waals surface area contributed by atoms with Crippen molar-refractivity contribution in [1.29, 1.82) is 0 Å². The molecule has 14 heteroatoms. The predicted molar refractivity (Wildman–Crippen MR) is 165 cm³/mol. The Balaban J connectivity index is 1.28. The molecule has 2 aromatic heterocycles. The molecule has 7 rings (SSSR count). The molecule has 0 saturated heterocycles. The Labute approximate surface area is 271 Å². The number of alkyl halides is 2. The zero-order chi connectivity index (χ0) is 33.5. The van der Waals surface area contributed by atoms with E-state index in [1.165, 1.54) is 31.4 Å². The summed E-state index contributed by atoms with van der Waals surface area (Å²) in [6.45, 7) is 3.08. The van der Waals surface area contributed by atoms with Crippen molar-refractivity contribution in [3.63, 3.8) is 0 Å². The zero-order valence-corrected chi connectivity index (χ0v) is 26.2. The van der Waals surface area contributed by atoms with E-state index in [1.807, 2.05) is 0 Å². The number of aliphatic hydroxyl groups is 1. The van der Waals surface area contributed by atoms with Crippen LogP contribution in [0.3, 0.4) is 0 Å². The number of fused-ring (bicyclic) bond motifs is 3. The van der Waals surface area contributed by atoms with Gasteiger partial charge in [0.2, 0.25) is 5.91 Å². The molecule has 2 aromatic carbocycles. The van der Waals surface area contributed by atoms with Gasteiger partial charge in [0, 0.05) is 22.1 Å². The molecule has 1 fully saturated rings. The summed E-state index contributed by atoms with van der Waals surface area (Å²) >= 11 is 6.21. The molecule has 4 aromatic rings. The molecule has 11 nitrogen and oxygen atoms in total. The second-order valence-electron chi connectivity index (χ2n) is 12.3. The van der Waals surface area contributed by atoms with Crippen molar-refractivity contribution in [3.8, 4) is 34.3 Å². The number of aromatic nitrogens is 2. The van der Waals surface area contributed by atoms with Gasteiger partial charge in [-0.3, -0.25) is 9.59 Å². The summed E-state index contributed by atoms with van der Waals surface area (Å²) in [5, 5.41) is 16.1. The molecular weight excluding hydrogens is 638 g/mol. The van der Waals surface area contributed by atoms with Gasteiger partial charge in [0.1, 0.15) is 45.5 Å². The number of hydrogen-bond donors (Lipinski definition) is 3. The number of carbonyl (C=O) groups is 2. The van der Waals surface area contributed by atoms with Crippen molar-refractivity contribution >= 4 is 34.3 Å². The average molecular weight is 667 g/mol. The summed E-state index contributed by atoms with van der Waals surface area (Å²) in [5.74, 6) is -1.24. The van der Waals surface area contributed by atoms with Gasteiger partial charge in [0.15, 0.2) is 11.5 Å². The van der Waals surface area contributed by atoms with Crippen LogP contribution in [0.1, 0.15) is 46.9 Å². The summed E-state index contributed by atoms with van der Waals surface area (Å²) in [4.78, 5) is 35.4. The molecule has 2 atom stereocenters. The molecule has 3 aliphatic rings. The van der Waals surface area contributed by atoms with E-state index in [9.17, 15) is 23.5 Å². The van der Waals surface area contributed by atoms with Gasteiger partial charge < -0.3 is 35.1 Å². The minimum atomic E-state index is -3.83. The zero-order valence-electron chi connectivity index (χ0n) is 25.4.